The summed E-state index contributed by atoms with van der Waals surface area (Å²) in [5, 5.41) is 3.89. The highest BCUT2D eigenvalue weighted by Crippen LogP contribution is 2.22. The lowest BCUT2D eigenvalue weighted by molar-refractivity contribution is -0.134. The summed E-state index contributed by atoms with van der Waals surface area (Å²) in [5.41, 5.74) is 5.85. The van der Waals surface area contributed by atoms with Crippen molar-refractivity contribution in [3.8, 4) is 11.5 Å². The van der Waals surface area contributed by atoms with Crippen LogP contribution in [0.15, 0.2) is 33.4 Å². The van der Waals surface area contributed by atoms with Crippen molar-refractivity contribution in [2.24, 2.45) is 11.7 Å². The largest absolute Gasteiger partial charge is 0.461 e. The zero-order chi connectivity index (χ0) is 15.5. The van der Waals surface area contributed by atoms with Crippen LogP contribution < -0.4 is 5.73 Å². The van der Waals surface area contributed by atoms with Crippen LogP contribution in [0.5, 0.6) is 0 Å². The van der Waals surface area contributed by atoms with Crippen molar-refractivity contribution in [2.75, 3.05) is 13.1 Å². The van der Waals surface area contributed by atoms with Crippen LogP contribution in [0.3, 0.4) is 0 Å². The maximum atomic E-state index is 12.2. The predicted molar refractivity (Wildman–Crippen MR) is 76.4 cm³/mol. The molecular formula is C15H17N3O4. The second kappa shape index (κ2) is 6.05. The number of carbonyl (C=O) groups excluding carboxylic acids is 2. The van der Waals surface area contributed by atoms with Crippen LogP contribution >= 0.6 is 0 Å². The van der Waals surface area contributed by atoms with Crippen LogP contribution in [0.25, 0.3) is 11.5 Å². The van der Waals surface area contributed by atoms with E-state index in [9.17, 15) is 9.59 Å². The number of nitrogens with two attached hydrogens (primary N) is 1. The summed E-state index contributed by atoms with van der Waals surface area (Å²) in [7, 11) is 0. The molecule has 0 atom stereocenters. The van der Waals surface area contributed by atoms with Crippen molar-refractivity contribution in [3.63, 3.8) is 0 Å². The zero-order valence-corrected chi connectivity index (χ0v) is 12.0. The Kier molecular flexibility index (Phi) is 3.95. The second-order valence-corrected chi connectivity index (χ2v) is 5.39. The number of likely N-dealkylation sites (tertiary alicyclic amines) is 1. The Hall–Kier alpha value is -2.57. The predicted octanol–water partition coefficient (Wildman–Crippen LogP) is 1.20. The Bertz CT molecular complexity index is 654. The fourth-order valence-electron chi connectivity index (χ4n) is 2.61. The van der Waals surface area contributed by atoms with Crippen LogP contribution in [0.1, 0.15) is 18.5 Å². The SMILES string of the molecule is NC(=O)C1CCN(C(=O)Cc2cc(-c3ccco3)on2)CC1. The van der Waals surface area contributed by atoms with E-state index < -0.39 is 0 Å². The number of amides is 2. The number of primary amides is 1. The molecule has 0 spiro atoms. The summed E-state index contributed by atoms with van der Waals surface area (Å²) in [6.07, 6.45) is 2.96. The smallest absolute Gasteiger partial charge is 0.228 e. The Morgan fingerprint density at radius 1 is 1.32 bits per heavy atom. The molecule has 1 aliphatic heterocycles. The minimum atomic E-state index is -0.285. The highest BCUT2D eigenvalue weighted by atomic mass is 16.5. The third kappa shape index (κ3) is 3.03. The molecule has 0 aromatic carbocycles. The molecule has 22 heavy (non-hydrogen) atoms. The maximum absolute atomic E-state index is 12.2. The van der Waals surface area contributed by atoms with Gasteiger partial charge in [0.05, 0.1) is 18.4 Å². The van der Waals surface area contributed by atoms with E-state index in [0.717, 1.165) is 0 Å². The van der Waals surface area contributed by atoms with Gasteiger partial charge >= 0.3 is 0 Å². The Morgan fingerprint density at radius 3 is 2.73 bits per heavy atom. The number of carbonyl (C=O) groups is 2. The third-order valence-electron chi connectivity index (χ3n) is 3.91. The third-order valence-corrected chi connectivity index (χ3v) is 3.91. The van der Waals surface area contributed by atoms with E-state index >= 15 is 0 Å². The summed E-state index contributed by atoms with van der Waals surface area (Å²) in [6, 6.07) is 5.22. The highest BCUT2D eigenvalue weighted by molar-refractivity contribution is 5.80. The van der Waals surface area contributed by atoms with E-state index in [0.29, 0.717) is 43.1 Å². The minimum absolute atomic E-state index is 0.0257. The standard InChI is InChI=1S/C15H17N3O4/c16-15(20)10-3-5-18(6-4-10)14(19)9-11-8-13(22-17-11)12-2-1-7-21-12/h1-2,7-8,10H,3-6,9H2,(H2,16,20). The number of hydrogen-bond donors (Lipinski definition) is 1. The molecule has 7 heteroatoms. The summed E-state index contributed by atoms with van der Waals surface area (Å²) in [5.74, 6) is 0.643. The van der Waals surface area contributed by atoms with Gasteiger partial charge in [-0.25, -0.2) is 0 Å². The van der Waals surface area contributed by atoms with Crippen molar-refractivity contribution in [1.82, 2.24) is 10.1 Å². The molecule has 0 bridgehead atoms. The number of rotatable bonds is 4. The van der Waals surface area contributed by atoms with Crippen molar-refractivity contribution in [1.29, 1.82) is 0 Å². The van der Waals surface area contributed by atoms with Gasteiger partial charge in [-0.15, -0.1) is 0 Å². The van der Waals surface area contributed by atoms with Gasteiger partial charge in [-0.05, 0) is 25.0 Å². The molecule has 0 unspecified atom stereocenters. The van der Waals surface area contributed by atoms with Gasteiger partial charge in [0.2, 0.25) is 17.6 Å². The van der Waals surface area contributed by atoms with E-state index in [1.54, 1.807) is 29.4 Å². The molecule has 1 aliphatic rings. The van der Waals surface area contributed by atoms with Gasteiger partial charge in [-0.2, -0.15) is 0 Å². The minimum Gasteiger partial charge on any atom is -0.461 e. The molecule has 3 heterocycles. The average molecular weight is 303 g/mol. The molecule has 0 aliphatic carbocycles. The molecule has 2 amide bonds. The monoisotopic (exact) mass is 303 g/mol. The number of nitrogens with zero attached hydrogens (tertiary/aromatic N) is 2. The highest BCUT2D eigenvalue weighted by Gasteiger charge is 2.26. The van der Waals surface area contributed by atoms with Gasteiger partial charge in [0.1, 0.15) is 0 Å². The van der Waals surface area contributed by atoms with Crippen LogP contribution in [-0.4, -0.2) is 35.0 Å². The summed E-state index contributed by atoms with van der Waals surface area (Å²) >= 11 is 0. The van der Waals surface area contributed by atoms with E-state index in [1.165, 1.54) is 0 Å². The lowest BCUT2D eigenvalue weighted by Gasteiger charge is -2.30. The fraction of sp³-hybridized carbons (Fsp3) is 0.400. The Balaban J connectivity index is 1.57. The van der Waals surface area contributed by atoms with Gasteiger partial charge in [-0.3, -0.25) is 9.59 Å². The number of piperidine rings is 1. The topological polar surface area (TPSA) is 103 Å². The van der Waals surface area contributed by atoms with E-state index in [1.807, 2.05) is 0 Å². The zero-order valence-electron chi connectivity index (χ0n) is 12.0. The second-order valence-electron chi connectivity index (χ2n) is 5.39. The van der Waals surface area contributed by atoms with Crippen molar-refractivity contribution < 1.29 is 18.5 Å². The molecule has 7 nitrogen and oxygen atoms in total. The maximum Gasteiger partial charge on any atom is 0.228 e. The van der Waals surface area contributed by atoms with Gasteiger partial charge in [0, 0.05) is 25.1 Å². The fourth-order valence-corrected chi connectivity index (χ4v) is 2.61. The molecule has 116 valence electrons. The summed E-state index contributed by atoms with van der Waals surface area (Å²) < 4.78 is 10.4. The Labute approximate surface area is 127 Å². The number of aromatic nitrogens is 1. The van der Waals surface area contributed by atoms with Gasteiger partial charge in [0.15, 0.2) is 5.76 Å². The molecule has 2 aromatic heterocycles. The quantitative estimate of drug-likeness (QED) is 0.914. The van der Waals surface area contributed by atoms with Crippen LogP contribution in [-0.2, 0) is 16.0 Å². The average Bonchev–Trinajstić information content (AvgIpc) is 3.18. The molecular weight excluding hydrogens is 286 g/mol. The molecule has 2 N–H and O–H groups in total. The summed E-state index contributed by atoms with van der Waals surface area (Å²) in [4.78, 5) is 25.1. The van der Waals surface area contributed by atoms with E-state index in [4.69, 9.17) is 14.7 Å². The summed E-state index contributed by atoms with van der Waals surface area (Å²) in [6.45, 7) is 1.10. The molecule has 3 rings (SSSR count). The molecule has 0 radical (unpaired) electrons. The lowest BCUT2D eigenvalue weighted by Crippen LogP contribution is -2.42. The normalized spacial score (nSPS) is 15.9. The first-order chi connectivity index (χ1) is 10.6. The number of hydrogen-bond acceptors (Lipinski definition) is 5. The van der Waals surface area contributed by atoms with Crippen molar-refractivity contribution in [2.45, 2.75) is 19.3 Å². The van der Waals surface area contributed by atoms with Crippen molar-refractivity contribution >= 4 is 11.8 Å². The van der Waals surface area contributed by atoms with E-state index in [2.05, 4.69) is 5.16 Å². The van der Waals surface area contributed by atoms with Crippen LogP contribution in [0, 0.1) is 5.92 Å². The van der Waals surface area contributed by atoms with Crippen LogP contribution in [0.2, 0.25) is 0 Å². The van der Waals surface area contributed by atoms with E-state index in [-0.39, 0.29) is 24.2 Å². The van der Waals surface area contributed by atoms with Gasteiger partial charge in [-0.1, -0.05) is 5.16 Å². The first-order valence-corrected chi connectivity index (χ1v) is 7.20. The first-order valence-electron chi connectivity index (χ1n) is 7.20. The van der Waals surface area contributed by atoms with Gasteiger partial charge < -0.3 is 19.6 Å². The Morgan fingerprint density at radius 2 is 2.09 bits per heavy atom. The van der Waals surface area contributed by atoms with Crippen LogP contribution in [0.4, 0.5) is 0 Å². The molecule has 1 fully saturated rings. The molecule has 0 saturated carbocycles. The lowest BCUT2D eigenvalue weighted by atomic mass is 9.96. The first kappa shape index (κ1) is 14.4. The molecule has 2 aromatic rings. The number of furan rings is 1. The van der Waals surface area contributed by atoms with Gasteiger partial charge in [0.25, 0.3) is 0 Å². The molecule has 1 saturated heterocycles. The van der Waals surface area contributed by atoms with Crippen molar-refractivity contribution in [3.05, 3.63) is 30.2 Å².